The smallest absolute Gasteiger partial charge is 0.125 e. The SMILES string of the molecule is Fc1cc(Cl)cc(CNc2cc(Cl)ccc2Cl)c1. The molecule has 0 aliphatic carbocycles. The molecule has 0 saturated carbocycles. The van der Waals surface area contributed by atoms with Gasteiger partial charge in [0.15, 0.2) is 0 Å². The number of halogens is 4. The van der Waals surface area contributed by atoms with Gasteiger partial charge in [-0.25, -0.2) is 4.39 Å². The summed E-state index contributed by atoms with van der Waals surface area (Å²) in [5.41, 5.74) is 1.43. The summed E-state index contributed by atoms with van der Waals surface area (Å²) < 4.78 is 13.1. The molecule has 0 spiro atoms. The lowest BCUT2D eigenvalue weighted by molar-refractivity contribution is 0.626. The normalized spacial score (nSPS) is 10.4. The first-order chi connectivity index (χ1) is 8.54. The van der Waals surface area contributed by atoms with Gasteiger partial charge in [0.25, 0.3) is 0 Å². The molecule has 2 aromatic carbocycles. The molecule has 0 saturated heterocycles. The van der Waals surface area contributed by atoms with Gasteiger partial charge >= 0.3 is 0 Å². The van der Waals surface area contributed by atoms with Crippen LogP contribution < -0.4 is 5.32 Å². The van der Waals surface area contributed by atoms with Crippen LogP contribution in [0.15, 0.2) is 36.4 Å². The Morgan fingerprint density at radius 2 is 1.72 bits per heavy atom. The van der Waals surface area contributed by atoms with Crippen LogP contribution in [0.2, 0.25) is 15.1 Å². The van der Waals surface area contributed by atoms with Crippen LogP contribution in [0.1, 0.15) is 5.56 Å². The van der Waals surface area contributed by atoms with Gasteiger partial charge in [-0.3, -0.25) is 0 Å². The van der Waals surface area contributed by atoms with Crippen molar-refractivity contribution in [1.82, 2.24) is 0 Å². The summed E-state index contributed by atoms with van der Waals surface area (Å²) in [5, 5.41) is 4.59. The quantitative estimate of drug-likeness (QED) is 0.800. The van der Waals surface area contributed by atoms with Crippen molar-refractivity contribution < 1.29 is 4.39 Å². The van der Waals surface area contributed by atoms with Crippen LogP contribution in [0.4, 0.5) is 10.1 Å². The van der Waals surface area contributed by atoms with Crippen molar-refractivity contribution in [1.29, 1.82) is 0 Å². The molecule has 0 radical (unpaired) electrons. The molecule has 0 aromatic heterocycles. The molecule has 94 valence electrons. The summed E-state index contributed by atoms with van der Waals surface area (Å²) in [6.07, 6.45) is 0. The van der Waals surface area contributed by atoms with Crippen molar-refractivity contribution in [2.45, 2.75) is 6.54 Å². The van der Waals surface area contributed by atoms with E-state index in [-0.39, 0.29) is 5.82 Å². The number of benzene rings is 2. The zero-order chi connectivity index (χ0) is 13.1. The van der Waals surface area contributed by atoms with Gasteiger partial charge in [0.05, 0.1) is 10.7 Å². The topological polar surface area (TPSA) is 12.0 Å². The van der Waals surface area contributed by atoms with Crippen molar-refractivity contribution in [3.63, 3.8) is 0 Å². The molecule has 0 fully saturated rings. The Labute approximate surface area is 119 Å². The minimum atomic E-state index is -0.364. The summed E-state index contributed by atoms with van der Waals surface area (Å²) >= 11 is 17.6. The second-order valence-electron chi connectivity index (χ2n) is 3.76. The molecule has 0 amide bonds. The number of rotatable bonds is 3. The lowest BCUT2D eigenvalue weighted by Gasteiger charge is -2.09. The third-order valence-corrected chi connectivity index (χ3v) is 3.12. The molecule has 18 heavy (non-hydrogen) atoms. The Balaban J connectivity index is 2.13. The number of hydrogen-bond acceptors (Lipinski definition) is 1. The lowest BCUT2D eigenvalue weighted by atomic mass is 10.2. The molecule has 2 rings (SSSR count). The Bertz CT molecular complexity index is 552. The van der Waals surface area contributed by atoms with Crippen LogP contribution in [0.3, 0.4) is 0 Å². The monoisotopic (exact) mass is 303 g/mol. The molecule has 0 unspecified atom stereocenters. The molecular formula is C13H9Cl3FN. The zero-order valence-electron chi connectivity index (χ0n) is 9.18. The van der Waals surface area contributed by atoms with Gasteiger partial charge in [-0.1, -0.05) is 34.8 Å². The maximum atomic E-state index is 13.1. The summed E-state index contributed by atoms with van der Waals surface area (Å²) in [4.78, 5) is 0. The molecular weight excluding hydrogens is 296 g/mol. The van der Waals surface area contributed by atoms with E-state index in [0.29, 0.717) is 27.3 Å². The Kier molecular flexibility index (Phi) is 4.33. The number of nitrogens with one attached hydrogen (secondary N) is 1. The summed E-state index contributed by atoms with van der Waals surface area (Å²) in [5.74, 6) is -0.364. The first kappa shape index (κ1) is 13.5. The highest BCUT2D eigenvalue weighted by Gasteiger charge is 2.03. The lowest BCUT2D eigenvalue weighted by Crippen LogP contribution is -2.00. The zero-order valence-corrected chi connectivity index (χ0v) is 11.5. The van der Waals surface area contributed by atoms with Crippen molar-refractivity contribution in [3.05, 3.63) is 62.8 Å². The molecule has 1 N–H and O–H groups in total. The van der Waals surface area contributed by atoms with Crippen LogP contribution >= 0.6 is 34.8 Å². The average Bonchev–Trinajstić information content (AvgIpc) is 2.29. The van der Waals surface area contributed by atoms with Gasteiger partial charge < -0.3 is 5.32 Å². The fourth-order valence-electron chi connectivity index (χ4n) is 1.54. The van der Waals surface area contributed by atoms with Crippen molar-refractivity contribution in [3.8, 4) is 0 Å². The van der Waals surface area contributed by atoms with Gasteiger partial charge in [0.1, 0.15) is 5.82 Å². The highest BCUT2D eigenvalue weighted by molar-refractivity contribution is 6.35. The minimum Gasteiger partial charge on any atom is -0.380 e. The van der Waals surface area contributed by atoms with Crippen LogP contribution in [0.25, 0.3) is 0 Å². The second-order valence-corrected chi connectivity index (χ2v) is 5.04. The Morgan fingerprint density at radius 3 is 2.44 bits per heavy atom. The van der Waals surface area contributed by atoms with E-state index >= 15 is 0 Å². The molecule has 0 atom stereocenters. The molecule has 0 heterocycles. The van der Waals surface area contributed by atoms with Gasteiger partial charge in [0.2, 0.25) is 0 Å². The van der Waals surface area contributed by atoms with E-state index in [1.54, 1.807) is 24.3 Å². The van der Waals surface area contributed by atoms with Crippen LogP contribution in [-0.2, 0) is 6.54 Å². The Morgan fingerprint density at radius 1 is 0.944 bits per heavy atom. The molecule has 1 nitrogen and oxygen atoms in total. The molecule has 2 aromatic rings. The van der Waals surface area contributed by atoms with Crippen LogP contribution in [-0.4, -0.2) is 0 Å². The van der Waals surface area contributed by atoms with E-state index in [4.69, 9.17) is 34.8 Å². The van der Waals surface area contributed by atoms with E-state index in [2.05, 4.69) is 5.32 Å². The first-order valence-corrected chi connectivity index (χ1v) is 6.32. The standard InChI is InChI=1S/C13H9Cl3FN/c14-9-1-2-12(16)13(6-9)18-7-8-3-10(15)5-11(17)4-8/h1-6,18H,7H2. The summed E-state index contributed by atoms with van der Waals surface area (Å²) in [6, 6.07) is 9.48. The van der Waals surface area contributed by atoms with E-state index < -0.39 is 0 Å². The van der Waals surface area contributed by atoms with E-state index in [1.807, 2.05) is 0 Å². The third kappa shape index (κ3) is 3.52. The summed E-state index contributed by atoms with van der Waals surface area (Å²) in [7, 11) is 0. The number of hydrogen-bond donors (Lipinski definition) is 1. The predicted molar refractivity (Wildman–Crippen MR) is 75.2 cm³/mol. The van der Waals surface area contributed by atoms with Gasteiger partial charge in [0, 0.05) is 16.6 Å². The third-order valence-electron chi connectivity index (χ3n) is 2.33. The average molecular weight is 305 g/mol. The number of anilines is 1. The molecule has 0 aliphatic heterocycles. The van der Waals surface area contributed by atoms with E-state index in [1.165, 1.54) is 12.1 Å². The highest BCUT2D eigenvalue weighted by Crippen LogP contribution is 2.26. The fraction of sp³-hybridized carbons (Fsp3) is 0.0769. The first-order valence-electron chi connectivity index (χ1n) is 5.18. The second kappa shape index (κ2) is 5.79. The van der Waals surface area contributed by atoms with Gasteiger partial charge in [-0.15, -0.1) is 0 Å². The largest absolute Gasteiger partial charge is 0.380 e. The molecule has 0 aliphatic rings. The maximum Gasteiger partial charge on any atom is 0.125 e. The highest BCUT2D eigenvalue weighted by atomic mass is 35.5. The molecule has 0 bridgehead atoms. The summed E-state index contributed by atoms with van der Waals surface area (Å²) in [6.45, 7) is 0.414. The molecule has 5 heteroatoms. The van der Waals surface area contributed by atoms with Crippen LogP contribution in [0, 0.1) is 5.82 Å². The van der Waals surface area contributed by atoms with Crippen LogP contribution in [0.5, 0.6) is 0 Å². The van der Waals surface area contributed by atoms with E-state index in [9.17, 15) is 4.39 Å². The van der Waals surface area contributed by atoms with Crippen molar-refractivity contribution in [2.75, 3.05) is 5.32 Å². The maximum absolute atomic E-state index is 13.1. The van der Waals surface area contributed by atoms with Crippen molar-refractivity contribution >= 4 is 40.5 Å². The van der Waals surface area contributed by atoms with Gasteiger partial charge in [-0.2, -0.15) is 0 Å². The Hall–Kier alpha value is -0.960. The fourth-order valence-corrected chi connectivity index (χ4v) is 2.14. The minimum absolute atomic E-state index is 0.364. The van der Waals surface area contributed by atoms with Gasteiger partial charge in [-0.05, 0) is 42.0 Å². The van der Waals surface area contributed by atoms with E-state index in [0.717, 1.165) is 5.56 Å². The van der Waals surface area contributed by atoms with Crippen molar-refractivity contribution in [2.24, 2.45) is 0 Å². The predicted octanol–water partition coefficient (Wildman–Crippen LogP) is 5.40.